The molecule has 160 valence electrons. The van der Waals surface area contributed by atoms with Gasteiger partial charge in [-0.1, -0.05) is 12.1 Å². The molecule has 0 heterocycles. The van der Waals surface area contributed by atoms with Crippen molar-refractivity contribution in [2.75, 3.05) is 34.5 Å². The molecular formula is C18H24N2O7S2. The molecule has 29 heavy (non-hydrogen) atoms. The molecule has 2 aromatic rings. The Labute approximate surface area is 171 Å². The lowest BCUT2D eigenvalue weighted by atomic mass is 10.2. The summed E-state index contributed by atoms with van der Waals surface area (Å²) in [5.41, 5.74) is 0.589. The summed E-state index contributed by atoms with van der Waals surface area (Å²) in [4.78, 5) is 0.0237. The number of hydrogen-bond donors (Lipinski definition) is 2. The zero-order valence-corrected chi connectivity index (χ0v) is 18.0. The van der Waals surface area contributed by atoms with Crippen LogP contribution in [0.4, 0.5) is 0 Å². The number of benzene rings is 2. The van der Waals surface area contributed by atoms with Crippen LogP contribution in [0.25, 0.3) is 0 Å². The van der Waals surface area contributed by atoms with Crippen molar-refractivity contribution in [3.05, 3.63) is 48.0 Å². The third kappa shape index (κ3) is 6.15. The Bertz CT molecular complexity index is 1020. The highest BCUT2D eigenvalue weighted by atomic mass is 32.2. The lowest BCUT2D eigenvalue weighted by Gasteiger charge is -2.12. The Kier molecular flexibility index (Phi) is 7.99. The number of rotatable bonds is 11. The van der Waals surface area contributed by atoms with E-state index in [1.165, 1.54) is 57.7 Å². The number of hydrogen-bond acceptors (Lipinski definition) is 7. The van der Waals surface area contributed by atoms with Crippen LogP contribution >= 0.6 is 0 Å². The van der Waals surface area contributed by atoms with E-state index >= 15 is 0 Å². The molecule has 11 heteroatoms. The molecule has 0 amide bonds. The Morgan fingerprint density at radius 1 is 0.828 bits per heavy atom. The van der Waals surface area contributed by atoms with Gasteiger partial charge in [-0.15, -0.1) is 0 Å². The summed E-state index contributed by atoms with van der Waals surface area (Å²) in [6.45, 7) is 0.385. The van der Waals surface area contributed by atoms with E-state index in [-0.39, 0.29) is 35.2 Å². The van der Waals surface area contributed by atoms with E-state index in [2.05, 4.69) is 9.44 Å². The average Bonchev–Trinajstić information content (AvgIpc) is 2.72. The van der Waals surface area contributed by atoms with Gasteiger partial charge in [-0.2, -0.15) is 0 Å². The molecule has 9 nitrogen and oxygen atoms in total. The van der Waals surface area contributed by atoms with E-state index in [9.17, 15) is 16.8 Å². The average molecular weight is 445 g/mol. The summed E-state index contributed by atoms with van der Waals surface area (Å²) in [5, 5.41) is 0. The first-order valence-electron chi connectivity index (χ1n) is 8.52. The second kappa shape index (κ2) is 10.0. The van der Waals surface area contributed by atoms with Gasteiger partial charge in [0.25, 0.3) is 0 Å². The molecule has 0 fully saturated rings. The summed E-state index contributed by atoms with van der Waals surface area (Å²) in [6.07, 6.45) is 0. The third-order valence-corrected chi connectivity index (χ3v) is 6.86. The van der Waals surface area contributed by atoms with Gasteiger partial charge >= 0.3 is 0 Å². The van der Waals surface area contributed by atoms with Gasteiger partial charge in [0.1, 0.15) is 16.4 Å². The molecule has 0 aromatic heterocycles. The van der Waals surface area contributed by atoms with E-state index in [1.807, 2.05) is 0 Å². The maximum Gasteiger partial charge on any atom is 0.244 e. The van der Waals surface area contributed by atoms with Crippen LogP contribution in [-0.4, -0.2) is 51.3 Å². The fraction of sp³-hybridized carbons (Fsp3) is 0.333. The van der Waals surface area contributed by atoms with E-state index < -0.39 is 20.0 Å². The van der Waals surface area contributed by atoms with Gasteiger partial charge in [0.2, 0.25) is 20.0 Å². The second-order valence-electron chi connectivity index (χ2n) is 5.88. The van der Waals surface area contributed by atoms with Crippen molar-refractivity contribution in [3.8, 4) is 11.5 Å². The minimum absolute atomic E-state index is 0.0277. The number of nitrogens with one attached hydrogen (secondary N) is 2. The second-order valence-corrected chi connectivity index (χ2v) is 9.38. The molecule has 0 saturated carbocycles. The summed E-state index contributed by atoms with van der Waals surface area (Å²) < 4.78 is 69.5. The molecular weight excluding hydrogens is 420 g/mol. The Morgan fingerprint density at radius 2 is 1.52 bits per heavy atom. The molecule has 0 spiro atoms. The highest BCUT2D eigenvalue weighted by Gasteiger charge is 2.20. The lowest BCUT2D eigenvalue weighted by molar-refractivity contribution is 0.204. The predicted octanol–water partition coefficient (Wildman–Crippen LogP) is 1.11. The van der Waals surface area contributed by atoms with Crippen molar-refractivity contribution in [1.82, 2.24) is 9.44 Å². The molecule has 2 N–H and O–H groups in total. The number of sulfonamides is 2. The minimum Gasteiger partial charge on any atom is -0.497 e. The molecule has 2 rings (SSSR count). The van der Waals surface area contributed by atoms with Crippen LogP contribution in [0, 0.1) is 0 Å². The van der Waals surface area contributed by atoms with Crippen LogP contribution in [-0.2, 0) is 31.3 Å². The van der Waals surface area contributed by atoms with Crippen molar-refractivity contribution >= 4 is 20.0 Å². The highest BCUT2D eigenvalue weighted by molar-refractivity contribution is 7.89. The van der Waals surface area contributed by atoms with Gasteiger partial charge in [-0.05, 0) is 29.8 Å². The summed E-state index contributed by atoms with van der Waals surface area (Å²) in [6, 6.07) is 10.4. The standard InChI is InChI=1S/C18H24N2O7S2/c1-25-11-10-19-28(21,22)16-7-4-14(5-8-16)13-20-29(23,24)18-12-15(26-2)6-9-17(18)27-3/h4-9,12,19-20H,10-11,13H2,1-3H3. The van der Waals surface area contributed by atoms with Crippen LogP contribution < -0.4 is 18.9 Å². The molecule has 0 unspecified atom stereocenters. The van der Waals surface area contributed by atoms with Crippen molar-refractivity contribution in [2.24, 2.45) is 0 Å². The zero-order valence-electron chi connectivity index (χ0n) is 16.3. The smallest absolute Gasteiger partial charge is 0.244 e. The topological polar surface area (TPSA) is 120 Å². The predicted molar refractivity (Wildman–Crippen MR) is 107 cm³/mol. The van der Waals surface area contributed by atoms with Crippen LogP contribution in [0.15, 0.2) is 52.3 Å². The first-order valence-corrected chi connectivity index (χ1v) is 11.5. The SMILES string of the molecule is COCCNS(=O)(=O)c1ccc(CNS(=O)(=O)c2cc(OC)ccc2OC)cc1. The van der Waals surface area contributed by atoms with E-state index in [0.717, 1.165) is 0 Å². The van der Waals surface area contributed by atoms with Crippen LogP contribution in [0.5, 0.6) is 11.5 Å². The normalized spacial score (nSPS) is 12.0. The largest absolute Gasteiger partial charge is 0.497 e. The molecule has 0 aliphatic carbocycles. The van der Waals surface area contributed by atoms with Crippen molar-refractivity contribution in [2.45, 2.75) is 16.3 Å². The molecule has 0 bridgehead atoms. The van der Waals surface area contributed by atoms with Gasteiger partial charge in [-0.25, -0.2) is 26.3 Å². The summed E-state index contributed by atoms with van der Waals surface area (Å²) >= 11 is 0. The highest BCUT2D eigenvalue weighted by Crippen LogP contribution is 2.28. The minimum atomic E-state index is -3.89. The van der Waals surface area contributed by atoms with Crippen molar-refractivity contribution in [1.29, 1.82) is 0 Å². The molecule has 2 aromatic carbocycles. The fourth-order valence-corrected chi connectivity index (χ4v) is 4.61. The molecule has 0 saturated heterocycles. The monoisotopic (exact) mass is 444 g/mol. The molecule has 0 atom stereocenters. The molecule has 0 radical (unpaired) electrons. The summed E-state index contributed by atoms with van der Waals surface area (Å²) in [7, 11) is -3.25. The quantitative estimate of drug-likeness (QED) is 0.498. The van der Waals surface area contributed by atoms with Gasteiger partial charge in [-0.3, -0.25) is 0 Å². The van der Waals surface area contributed by atoms with Crippen LogP contribution in [0.3, 0.4) is 0 Å². The molecule has 0 aliphatic rings. The van der Waals surface area contributed by atoms with Gasteiger partial charge in [0.05, 0.1) is 25.7 Å². The Morgan fingerprint density at radius 3 is 2.10 bits per heavy atom. The van der Waals surface area contributed by atoms with Crippen molar-refractivity contribution < 1.29 is 31.0 Å². The number of methoxy groups -OCH3 is 3. The van der Waals surface area contributed by atoms with Gasteiger partial charge < -0.3 is 14.2 Å². The maximum absolute atomic E-state index is 12.7. The fourth-order valence-electron chi connectivity index (χ4n) is 2.40. The zero-order chi connectivity index (χ0) is 21.5. The third-order valence-electron chi connectivity index (χ3n) is 3.96. The van der Waals surface area contributed by atoms with Gasteiger partial charge in [0.15, 0.2) is 0 Å². The number of ether oxygens (including phenoxy) is 3. The Balaban J connectivity index is 2.12. The Hall–Kier alpha value is -2.18. The first kappa shape index (κ1) is 23.1. The van der Waals surface area contributed by atoms with Crippen LogP contribution in [0.2, 0.25) is 0 Å². The van der Waals surface area contributed by atoms with E-state index in [1.54, 1.807) is 6.07 Å². The maximum atomic E-state index is 12.7. The molecule has 0 aliphatic heterocycles. The summed E-state index contributed by atoms with van der Waals surface area (Å²) in [5.74, 6) is 0.559. The lowest BCUT2D eigenvalue weighted by Crippen LogP contribution is -2.27. The van der Waals surface area contributed by atoms with Crippen molar-refractivity contribution in [3.63, 3.8) is 0 Å². The van der Waals surface area contributed by atoms with E-state index in [0.29, 0.717) is 11.3 Å². The van der Waals surface area contributed by atoms with Gasteiger partial charge in [0, 0.05) is 26.3 Å². The first-order chi connectivity index (χ1) is 13.7. The van der Waals surface area contributed by atoms with E-state index in [4.69, 9.17) is 14.2 Å². The van der Waals surface area contributed by atoms with Crippen LogP contribution in [0.1, 0.15) is 5.56 Å².